The standard InChI is InChI=1S/C21H22N2O3/c1-14-4-2-5-15(10-14)13-26-19-7-3-6-16-11-23(12-17(16)19)18-8-9-20(24)22-21(18)25/h2-7,10,18H,8-9,11-13H2,1H3,(H,22,24,25). The Labute approximate surface area is 153 Å². The van der Waals surface area contributed by atoms with Crippen LogP contribution in [0.25, 0.3) is 0 Å². The van der Waals surface area contributed by atoms with Crippen molar-refractivity contribution in [2.75, 3.05) is 0 Å². The lowest BCUT2D eigenvalue weighted by molar-refractivity contribution is -0.137. The molecule has 0 radical (unpaired) electrons. The zero-order valence-corrected chi connectivity index (χ0v) is 14.8. The number of nitrogens with zero attached hydrogens (tertiary/aromatic N) is 1. The molecule has 0 bridgehead atoms. The second-order valence-corrected chi connectivity index (χ2v) is 7.04. The van der Waals surface area contributed by atoms with Crippen LogP contribution >= 0.6 is 0 Å². The van der Waals surface area contributed by atoms with E-state index in [0.29, 0.717) is 32.5 Å². The predicted octanol–water partition coefficient (Wildman–Crippen LogP) is 2.69. The summed E-state index contributed by atoms with van der Waals surface area (Å²) in [5.74, 6) is 0.514. The number of ether oxygens (including phenoxy) is 1. The molecule has 1 saturated heterocycles. The first-order valence-electron chi connectivity index (χ1n) is 8.97. The Balaban J connectivity index is 1.48. The molecule has 1 unspecified atom stereocenters. The Morgan fingerprint density at radius 3 is 2.81 bits per heavy atom. The molecule has 2 aliphatic heterocycles. The fourth-order valence-corrected chi connectivity index (χ4v) is 3.77. The van der Waals surface area contributed by atoms with Crippen molar-refractivity contribution in [2.24, 2.45) is 0 Å². The molecule has 2 aromatic carbocycles. The monoisotopic (exact) mass is 350 g/mol. The highest BCUT2D eigenvalue weighted by molar-refractivity contribution is 6.00. The number of hydrogen-bond acceptors (Lipinski definition) is 4. The van der Waals surface area contributed by atoms with Crippen LogP contribution in [0.2, 0.25) is 0 Å². The lowest BCUT2D eigenvalue weighted by Gasteiger charge is -2.29. The van der Waals surface area contributed by atoms with E-state index in [1.165, 1.54) is 11.1 Å². The average molecular weight is 350 g/mol. The van der Waals surface area contributed by atoms with E-state index in [1.54, 1.807) is 0 Å². The van der Waals surface area contributed by atoms with Crippen LogP contribution in [0.1, 0.15) is 35.1 Å². The van der Waals surface area contributed by atoms with Gasteiger partial charge in [-0.1, -0.05) is 42.0 Å². The minimum absolute atomic E-state index is 0.176. The van der Waals surface area contributed by atoms with Crippen LogP contribution in [0, 0.1) is 6.92 Å². The van der Waals surface area contributed by atoms with E-state index in [4.69, 9.17) is 4.74 Å². The number of fused-ring (bicyclic) bond motifs is 1. The van der Waals surface area contributed by atoms with E-state index in [1.807, 2.05) is 18.2 Å². The first-order chi connectivity index (χ1) is 12.6. The number of imide groups is 1. The van der Waals surface area contributed by atoms with Crippen molar-refractivity contribution >= 4 is 11.8 Å². The predicted molar refractivity (Wildman–Crippen MR) is 97.4 cm³/mol. The lowest BCUT2D eigenvalue weighted by atomic mass is 10.0. The van der Waals surface area contributed by atoms with Crippen molar-refractivity contribution in [3.05, 3.63) is 64.7 Å². The molecule has 2 amide bonds. The average Bonchev–Trinajstić information content (AvgIpc) is 3.04. The highest BCUT2D eigenvalue weighted by atomic mass is 16.5. The number of nitrogens with one attached hydrogen (secondary N) is 1. The molecular weight excluding hydrogens is 328 g/mol. The van der Waals surface area contributed by atoms with Gasteiger partial charge in [-0.3, -0.25) is 19.8 Å². The molecule has 0 spiro atoms. The smallest absolute Gasteiger partial charge is 0.243 e. The van der Waals surface area contributed by atoms with Gasteiger partial charge in [0.25, 0.3) is 0 Å². The van der Waals surface area contributed by atoms with Gasteiger partial charge in [0.05, 0.1) is 6.04 Å². The van der Waals surface area contributed by atoms with Gasteiger partial charge in [-0.05, 0) is 30.5 Å². The van der Waals surface area contributed by atoms with E-state index in [0.717, 1.165) is 16.9 Å². The molecule has 2 aliphatic rings. The summed E-state index contributed by atoms with van der Waals surface area (Å²) in [6, 6.07) is 14.1. The summed E-state index contributed by atoms with van der Waals surface area (Å²) < 4.78 is 6.09. The van der Waals surface area contributed by atoms with Gasteiger partial charge in [0.2, 0.25) is 11.8 Å². The van der Waals surface area contributed by atoms with Crippen LogP contribution in [-0.2, 0) is 29.3 Å². The van der Waals surface area contributed by atoms with Crippen LogP contribution < -0.4 is 10.1 Å². The van der Waals surface area contributed by atoms with Gasteiger partial charge in [-0.25, -0.2) is 0 Å². The van der Waals surface area contributed by atoms with Gasteiger partial charge >= 0.3 is 0 Å². The Morgan fingerprint density at radius 1 is 1.15 bits per heavy atom. The third kappa shape index (κ3) is 3.35. The summed E-state index contributed by atoms with van der Waals surface area (Å²) in [5, 5.41) is 2.45. The van der Waals surface area contributed by atoms with Gasteiger partial charge in [-0.2, -0.15) is 0 Å². The molecule has 2 aromatic rings. The van der Waals surface area contributed by atoms with Crippen molar-refractivity contribution in [3.8, 4) is 5.75 Å². The number of amides is 2. The van der Waals surface area contributed by atoms with E-state index >= 15 is 0 Å². The van der Waals surface area contributed by atoms with Gasteiger partial charge in [0.15, 0.2) is 0 Å². The number of piperidine rings is 1. The van der Waals surface area contributed by atoms with Crippen molar-refractivity contribution in [2.45, 2.75) is 45.5 Å². The molecule has 1 fully saturated rings. The zero-order valence-electron chi connectivity index (χ0n) is 14.8. The van der Waals surface area contributed by atoms with Gasteiger partial charge < -0.3 is 4.74 Å². The molecule has 0 saturated carbocycles. The molecule has 5 nitrogen and oxygen atoms in total. The third-order valence-corrected chi connectivity index (χ3v) is 5.09. The van der Waals surface area contributed by atoms with E-state index in [2.05, 4.69) is 41.4 Å². The summed E-state index contributed by atoms with van der Waals surface area (Å²) in [7, 11) is 0. The first-order valence-corrected chi connectivity index (χ1v) is 8.97. The summed E-state index contributed by atoms with van der Waals surface area (Å²) in [6.07, 6.45) is 0.984. The second-order valence-electron chi connectivity index (χ2n) is 7.04. The van der Waals surface area contributed by atoms with Crippen molar-refractivity contribution in [1.29, 1.82) is 0 Å². The summed E-state index contributed by atoms with van der Waals surface area (Å²) in [6.45, 7) is 3.98. The van der Waals surface area contributed by atoms with E-state index in [-0.39, 0.29) is 17.9 Å². The molecule has 26 heavy (non-hydrogen) atoms. The maximum atomic E-state index is 12.2. The second kappa shape index (κ2) is 6.92. The summed E-state index contributed by atoms with van der Waals surface area (Å²) in [5.41, 5.74) is 4.69. The maximum Gasteiger partial charge on any atom is 0.243 e. The Hall–Kier alpha value is -2.66. The van der Waals surface area contributed by atoms with Crippen LogP contribution in [0.3, 0.4) is 0 Å². The highest BCUT2D eigenvalue weighted by Crippen LogP contribution is 2.33. The van der Waals surface area contributed by atoms with Gasteiger partial charge in [-0.15, -0.1) is 0 Å². The topological polar surface area (TPSA) is 58.6 Å². The molecule has 4 rings (SSSR count). The molecular formula is C21H22N2O3. The minimum atomic E-state index is -0.246. The summed E-state index contributed by atoms with van der Waals surface area (Å²) in [4.78, 5) is 25.7. The Bertz CT molecular complexity index is 862. The number of benzene rings is 2. The quantitative estimate of drug-likeness (QED) is 0.862. The fourth-order valence-electron chi connectivity index (χ4n) is 3.77. The number of hydrogen-bond donors (Lipinski definition) is 1. The lowest BCUT2D eigenvalue weighted by Crippen LogP contribution is -2.50. The van der Waals surface area contributed by atoms with E-state index in [9.17, 15) is 9.59 Å². The molecule has 0 aromatic heterocycles. The van der Waals surface area contributed by atoms with Crippen molar-refractivity contribution < 1.29 is 14.3 Å². The third-order valence-electron chi connectivity index (χ3n) is 5.09. The van der Waals surface area contributed by atoms with Crippen LogP contribution in [-0.4, -0.2) is 22.8 Å². The van der Waals surface area contributed by atoms with Crippen LogP contribution in [0.5, 0.6) is 5.75 Å². The molecule has 0 aliphatic carbocycles. The van der Waals surface area contributed by atoms with Crippen molar-refractivity contribution in [3.63, 3.8) is 0 Å². The van der Waals surface area contributed by atoms with Crippen LogP contribution in [0.4, 0.5) is 0 Å². The number of rotatable bonds is 4. The Morgan fingerprint density at radius 2 is 2.00 bits per heavy atom. The Kier molecular flexibility index (Phi) is 4.47. The van der Waals surface area contributed by atoms with Crippen LogP contribution in [0.15, 0.2) is 42.5 Å². The SMILES string of the molecule is Cc1cccc(COc2cccc3c2CN(C2CCC(=O)NC2=O)C3)c1. The van der Waals surface area contributed by atoms with E-state index < -0.39 is 0 Å². The largest absolute Gasteiger partial charge is 0.489 e. The maximum absolute atomic E-state index is 12.2. The molecule has 134 valence electrons. The van der Waals surface area contributed by atoms with Gasteiger partial charge in [0.1, 0.15) is 12.4 Å². The number of carbonyl (C=O) groups is 2. The van der Waals surface area contributed by atoms with Gasteiger partial charge in [0, 0.05) is 25.1 Å². The molecule has 5 heteroatoms. The number of carbonyl (C=O) groups excluding carboxylic acids is 2. The zero-order chi connectivity index (χ0) is 18.1. The minimum Gasteiger partial charge on any atom is -0.489 e. The number of aryl methyl sites for hydroxylation is 1. The normalized spacial score (nSPS) is 20.0. The molecule has 1 N–H and O–H groups in total. The van der Waals surface area contributed by atoms with Crippen molar-refractivity contribution in [1.82, 2.24) is 10.2 Å². The fraction of sp³-hybridized carbons (Fsp3) is 0.333. The molecule has 1 atom stereocenters. The molecule has 2 heterocycles. The summed E-state index contributed by atoms with van der Waals surface area (Å²) >= 11 is 0. The first kappa shape index (κ1) is 16.8. The highest BCUT2D eigenvalue weighted by Gasteiger charge is 2.35.